The average Bonchev–Trinajstić information content (AvgIpc) is 2.40. The van der Waals surface area contributed by atoms with Gasteiger partial charge in [0.2, 0.25) is 0 Å². The number of rotatable bonds is 4. The third-order valence-electron chi connectivity index (χ3n) is 3.76. The molecular formula is C15H21ClN2O2. The topological polar surface area (TPSA) is 43.8 Å². The number of benzene rings is 1. The molecule has 1 saturated heterocycles. The van der Waals surface area contributed by atoms with Gasteiger partial charge in [-0.1, -0.05) is 23.7 Å². The Morgan fingerprint density at radius 2 is 1.85 bits per heavy atom. The van der Waals surface area contributed by atoms with Crippen LogP contribution in [-0.4, -0.2) is 48.7 Å². The number of para-hydroxylation sites is 1. The van der Waals surface area contributed by atoms with Gasteiger partial charge in [-0.3, -0.25) is 9.69 Å². The molecule has 0 unspecified atom stereocenters. The molecule has 1 N–H and O–H groups in total. The van der Waals surface area contributed by atoms with Crippen molar-refractivity contribution in [3.05, 3.63) is 29.3 Å². The van der Waals surface area contributed by atoms with E-state index < -0.39 is 11.4 Å². The van der Waals surface area contributed by atoms with Gasteiger partial charge in [0, 0.05) is 32.7 Å². The lowest BCUT2D eigenvalue weighted by Crippen LogP contribution is -2.50. The number of hydrogen-bond acceptors (Lipinski definition) is 3. The number of piperazine rings is 1. The van der Waals surface area contributed by atoms with Crippen LogP contribution in [0.4, 0.5) is 5.69 Å². The molecule has 0 saturated carbocycles. The Bertz CT molecular complexity index is 483. The van der Waals surface area contributed by atoms with E-state index in [0.717, 1.165) is 36.9 Å². The zero-order chi connectivity index (χ0) is 14.8. The van der Waals surface area contributed by atoms with Crippen LogP contribution in [0.5, 0.6) is 0 Å². The van der Waals surface area contributed by atoms with Gasteiger partial charge in [0.25, 0.3) is 0 Å². The van der Waals surface area contributed by atoms with Crippen molar-refractivity contribution in [2.75, 3.05) is 37.6 Å². The highest BCUT2D eigenvalue weighted by molar-refractivity contribution is 6.33. The SMILES string of the molecule is CC(C)(CN1CCN(c2ccccc2Cl)CC1)C(=O)O. The Labute approximate surface area is 124 Å². The lowest BCUT2D eigenvalue weighted by molar-refractivity contribution is -0.148. The van der Waals surface area contributed by atoms with Crippen molar-refractivity contribution in [1.29, 1.82) is 0 Å². The summed E-state index contributed by atoms with van der Waals surface area (Å²) in [6.45, 7) is 7.60. The summed E-state index contributed by atoms with van der Waals surface area (Å²) in [5.74, 6) is -0.744. The van der Waals surface area contributed by atoms with E-state index in [2.05, 4.69) is 9.80 Å². The van der Waals surface area contributed by atoms with Crippen LogP contribution in [-0.2, 0) is 4.79 Å². The maximum absolute atomic E-state index is 11.2. The first-order chi connectivity index (χ1) is 9.40. The lowest BCUT2D eigenvalue weighted by atomic mass is 9.93. The van der Waals surface area contributed by atoms with Crippen LogP contribution < -0.4 is 4.90 Å². The van der Waals surface area contributed by atoms with Crippen molar-refractivity contribution >= 4 is 23.3 Å². The van der Waals surface area contributed by atoms with Gasteiger partial charge >= 0.3 is 5.97 Å². The Morgan fingerprint density at radius 1 is 1.25 bits per heavy atom. The predicted octanol–water partition coefficient (Wildman–Crippen LogP) is 2.57. The number of carbonyl (C=O) groups is 1. The molecule has 1 heterocycles. The van der Waals surface area contributed by atoms with E-state index in [-0.39, 0.29) is 0 Å². The van der Waals surface area contributed by atoms with E-state index in [4.69, 9.17) is 11.6 Å². The predicted molar refractivity (Wildman–Crippen MR) is 81.5 cm³/mol. The first-order valence-corrected chi connectivity index (χ1v) is 7.23. The average molecular weight is 297 g/mol. The maximum atomic E-state index is 11.2. The number of nitrogens with zero attached hydrogens (tertiary/aromatic N) is 2. The fraction of sp³-hybridized carbons (Fsp3) is 0.533. The minimum absolute atomic E-state index is 0.582. The molecule has 1 aliphatic rings. The molecule has 0 aliphatic carbocycles. The minimum Gasteiger partial charge on any atom is -0.481 e. The summed E-state index contributed by atoms with van der Waals surface area (Å²) in [6, 6.07) is 7.84. The van der Waals surface area contributed by atoms with Crippen LogP contribution in [0.1, 0.15) is 13.8 Å². The molecule has 0 spiro atoms. The first kappa shape index (κ1) is 15.1. The molecule has 4 nitrogen and oxygen atoms in total. The number of carboxylic acid groups (broad SMARTS) is 1. The number of carboxylic acids is 1. The fourth-order valence-corrected chi connectivity index (χ4v) is 2.74. The maximum Gasteiger partial charge on any atom is 0.310 e. The Morgan fingerprint density at radius 3 is 2.40 bits per heavy atom. The second kappa shape index (κ2) is 6.02. The van der Waals surface area contributed by atoms with Gasteiger partial charge in [-0.05, 0) is 26.0 Å². The lowest BCUT2D eigenvalue weighted by Gasteiger charge is -2.38. The van der Waals surface area contributed by atoms with E-state index in [1.165, 1.54) is 0 Å². The van der Waals surface area contributed by atoms with Gasteiger partial charge < -0.3 is 10.0 Å². The summed E-state index contributed by atoms with van der Waals surface area (Å²) >= 11 is 6.21. The summed E-state index contributed by atoms with van der Waals surface area (Å²) in [7, 11) is 0. The van der Waals surface area contributed by atoms with Crippen molar-refractivity contribution in [1.82, 2.24) is 4.90 Å². The van der Waals surface area contributed by atoms with Gasteiger partial charge in [0.15, 0.2) is 0 Å². The van der Waals surface area contributed by atoms with Crippen LogP contribution in [0.25, 0.3) is 0 Å². The van der Waals surface area contributed by atoms with Crippen molar-refractivity contribution in [3.63, 3.8) is 0 Å². The van der Waals surface area contributed by atoms with Crippen molar-refractivity contribution in [2.45, 2.75) is 13.8 Å². The molecule has 0 radical (unpaired) electrons. The largest absolute Gasteiger partial charge is 0.481 e. The molecule has 1 aromatic carbocycles. The first-order valence-electron chi connectivity index (χ1n) is 6.85. The van der Waals surface area contributed by atoms with Gasteiger partial charge in [0.1, 0.15) is 0 Å². The van der Waals surface area contributed by atoms with E-state index in [0.29, 0.717) is 6.54 Å². The second-order valence-corrected chi connectivity index (χ2v) is 6.31. The second-order valence-electron chi connectivity index (χ2n) is 5.90. The van der Waals surface area contributed by atoms with Gasteiger partial charge in [-0.2, -0.15) is 0 Å². The Balaban J connectivity index is 1.93. The molecule has 0 bridgehead atoms. The van der Waals surface area contributed by atoms with Crippen LogP contribution in [0.3, 0.4) is 0 Å². The molecule has 0 aromatic heterocycles. The summed E-state index contributed by atoms with van der Waals surface area (Å²) in [4.78, 5) is 15.6. The van der Waals surface area contributed by atoms with E-state index in [1.54, 1.807) is 13.8 Å². The molecule has 1 aromatic rings. The fourth-order valence-electron chi connectivity index (χ4n) is 2.48. The molecule has 0 atom stereocenters. The summed E-state index contributed by atoms with van der Waals surface area (Å²) in [5.41, 5.74) is 0.360. The van der Waals surface area contributed by atoms with Gasteiger partial charge in [0.05, 0.1) is 16.1 Å². The van der Waals surface area contributed by atoms with Crippen LogP contribution >= 0.6 is 11.6 Å². The molecule has 20 heavy (non-hydrogen) atoms. The highest BCUT2D eigenvalue weighted by atomic mass is 35.5. The summed E-state index contributed by atoms with van der Waals surface area (Å²) in [5, 5.41) is 9.95. The molecule has 2 rings (SSSR count). The van der Waals surface area contributed by atoms with Crippen molar-refractivity contribution in [3.8, 4) is 0 Å². The molecule has 1 aliphatic heterocycles. The summed E-state index contributed by atoms with van der Waals surface area (Å²) < 4.78 is 0. The number of anilines is 1. The summed E-state index contributed by atoms with van der Waals surface area (Å²) in [6.07, 6.45) is 0. The normalized spacial score (nSPS) is 17.2. The van der Waals surface area contributed by atoms with E-state index in [1.807, 2.05) is 24.3 Å². The monoisotopic (exact) mass is 296 g/mol. The minimum atomic E-state index is -0.744. The third kappa shape index (κ3) is 3.44. The molecule has 1 fully saturated rings. The zero-order valence-corrected chi connectivity index (χ0v) is 12.7. The quantitative estimate of drug-likeness (QED) is 0.927. The van der Waals surface area contributed by atoms with Crippen LogP contribution in [0, 0.1) is 5.41 Å². The smallest absolute Gasteiger partial charge is 0.310 e. The van der Waals surface area contributed by atoms with Crippen LogP contribution in [0.2, 0.25) is 5.02 Å². The van der Waals surface area contributed by atoms with E-state index in [9.17, 15) is 9.90 Å². The Kier molecular flexibility index (Phi) is 4.55. The van der Waals surface area contributed by atoms with Gasteiger partial charge in [-0.15, -0.1) is 0 Å². The highest BCUT2D eigenvalue weighted by Crippen LogP contribution is 2.26. The zero-order valence-electron chi connectivity index (χ0n) is 12.0. The number of halogens is 1. The molecule has 110 valence electrons. The number of aliphatic carboxylic acids is 1. The van der Waals surface area contributed by atoms with Crippen molar-refractivity contribution in [2.24, 2.45) is 5.41 Å². The van der Waals surface area contributed by atoms with Crippen LogP contribution in [0.15, 0.2) is 24.3 Å². The van der Waals surface area contributed by atoms with Gasteiger partial charge in [-0.25, -0.2) is 0 Å². The van der Waals surface area contributed by atoms with E-state index >= 15 is 0 Å². The van der Waals surface area contributed by atoms with Crippen molar-refractivity contribution < 1.29 is 9.90 Å². The molecular weight excluding hydrogens is 276 g/mol. The molecule has 5 heteroatoms. The standard InChI is InChI=1S/C15H21ClN2O2/c1-15(2,14(19)20)11-17-7-9-18(10-8-17)13-6-4-3-5-12(13)16/h3-6H,7-11H2,1-2H3,(H,19,20). The highest BCUT2D eigenvalue weighted by Gasteiger charge is 2.31. The third-order valence-corrected chi connectivity index (χ3v) is 4.08. The Hall–Kier alpha value is -1.26. The molecule has 0 amide bonds. The number of hydrogen-bond donors (Lipinski definition) is 1.